The largest absolute Gasteiger partial charge is 0.483 e. The van der Waals surface area contributed by atoms with Crippen molar-refractivity contribution in [1.29, 1.82) is 0 Å². The molecule has 1 aliphatic rings. The van der Waals surface area contributed by atoms with Gasteiger partial charge in [-0.15, -0.1) is 0 Å². The molecule has 0 aliphatic carbocycles. The molecule has 0 saturated carbocycles. The maximum absolute atomic E-state index is 12.5. The smallest absolute Gasteiger partial charge is 0.336 e. The van der Waals surface area contributed by atoms with Gasteiger partial charge in [-0.2, -0.15) is 0 Å². The summed E-state index contributed by atoms with van der Waals surface area (Å²) in [5, 5.41) is 0.632. The van der Waals surface area contributed by atoms with Crippen molar-refractivity contribution in [2.24, 2.45) is 0 Å². The van der Waals surface area contributed by atoms with Crippen LogP contribution in [0.5, 0.6) is 5.75 Å². The molecule has 0 amide bonds. The number of hydrogen-bond acceptors (Lipinski definition) is 7. The Morgan fingerprint density at radius 2 is 1.79 bits per heavy atom. The molecule has 1 aromatic heterocycles. The Kier molecular flexibility index (Phi) is 5.02. The summed E-state index contributed by atoms with van der Waals surface area (Å²) in [5.74, 6) is -0.717. The van der Waals surface area contributed by atoms with Crippen LogP contribution >= 0.6 is 0 Å². The van der Waals surface area contributed by atoms with E-state index in [-0.39, 0.29) is 5.58 Å². The zero-order valence-electron chi connectivity index (χ0n) is 16.4. The van der Waals surface area contributed by atoms with E-state index in [0.717, 1.165) is 0 Å². The number of carbonyl (C=O) groups excluding carboxylic acids is 2. The Labute approximate surface area is 161 Å². The first-order valence-corrected chi connectivity index (χ1v) is 8.91. The molecular weight excluding hydrogens is 364 g/mol. The third-order valence-corrected chi connectivity index (χ3v) is 4.69. The van der Waals surface area contributed by atoms with Crippen molar-refractivity contribution >= 4 is 22.9 Å². The van der Waals surface area contributed by atoms with Gasteiger partial charge < -0.3 is 18.6 Å². The first-order chi connectivity index (χ1) is 13.1. The topological polar surface area (TPSA) is 92.0 Å². The Balaban J connectivity index is 2.25. The van der Waals surface area contributed by atoms with Gasteiger partial charge in [0.2, 0.25) is 0 Å². The van der Waals surface area contributed by atoms with Crippen molar-refractivity contribution in [1.82, 2.24) is 0 Å². The average molecular weight is 386 g/mol. The molecule has 2 aromatic rings. The van der Waals surface area contributed by atoms with E-state index in [1.807, 2.05) is 0 Å². The van der Waals surface area contributed by atoms with Gasteiger partial charge in [0.15, 0.2) is 12.2 Å². The lowest BCUT2D eigenvalue weighted by molar-refractivity contribution is -0.186. The number of carbonyl (C=O) groups is 2. The molecule has 0 bridgehead atoms. The summed E-state index contributed by atoms with van der Waals surface area (Å²) in [6, 6.07) is 6.37. The molecule has 148 valence electrons. The lowest BCUT2D eigenvalue weighted by atomic mass is 9.87. The van der Waals surface area contributed by atoms with E-state index in [1.54, 1.807) is 52.0 Å². The standard InChI is InChI=1S/C21H22O7/c1-6-11(2)20(24)27-18-16-14(28-21(4,5)19(18)25-12(3)22)9-7-13-8-10-15(23)26-17(13)16/h6-10,18-19H,1-5H3/b11-6+/t18-,19+/m0/s1. The Hall–Kier alpha value is -3.09. The van der Waals surface area contributed by atoms with Gasteiger partial charge in [-0.1, -0.05) is 6.08 Å². The fourth-order valence-corrected chi connectivity index (χ4v) is 3.18. The SMILES string of the molecule is C/C=C(\C)C(=O)O[C@H]1c2c(ccc3ccc(=O)oc23)OC(C)(C)[C@@H]1OC(C)=O. The van der Waals surface area contributed by atoms with Crippen molar-refractivity contribution in [2.75, 3.05) is 0 Å². The van der Waals surface area contributed by atoms with Gasteiger partial charge >= 0.3 is 17.6 Å². The van der Waals surface area contributed by atoms with Crippen LogP contribution < -0.4 is 10.4 Å². The van der Waals surface area contributed by atoms with Gasteiger partial charge in [-0.25, -0.2) is 9.59 Å². The predicted octanol–water partition coefficient (Wildman–Crippen LogP) is 3.45. The summed E-state index contributed by atoms with van der Waals surface area (Å²) in [4.78, 5) is 36.1. The summed E-state index contributed by atoms with van der Waals surface area (Å²) in [6.07, 6.45) is -0.334. The molecule has 7 nitrogen and oxygen atoms in total. The van der Waals surface area contributed by atoms with E-state index in [4.69, 9.17) is 18.6 Å². The van der Waals surface area contributed by atoms with E-state index < -0.39 is 35.4 Å². The summed E-state index contributed by atoms with van der Waals surface area (Å²) >= 11 is 0. The molecule has 2 atom stereocenters. The van der Waals surface area contributed by atoms with Crippen molar-refractivity contribution < 1.29 is 28.2 Å². The van der Waals surface area contributed by atoms with Gasteiger partial charge in [0.05, 0.1) is 5.56 Å². The second-order valence-electron chi connectivity index (χ2n) is 7.18. The van der Waals surface area contributed by atoms with Gasteiger partial charge in [-0.3, -0.25) is 4.79 Å². The van der Waals surface area contributed by atoms with E-state index in [0.29, 0.717) is 22.3 Å². The van der Waals surface area contributed by atoms with Crippen molar-refractivity contribution in [2.45, 2.75) is 52.4 Å². The zero-order valence-corrected chi connectivity index (χ0v) is 16.4. The summed E-state index contributed by atoms with van der Waals surface area (Å²) in [5.41, 5.74) is -0.555. The molecule has 3 rings (SSSR count). The Bertz CT molecular complexity index is 1030. The Morgan fingerprint density at radius 1 is 1.11 bits per heavy atom. The van der Waals surface area contributed by atoms with Gasteiger partial charge in [0, 0.05) is 23.9 Å². The molecule has 0 N–H and O–H groups in total. The number of esters is 2. The molecular formula is C21H22O7. The molecule has 28 heavy (non-hydrogen) atoms. The third kappa shape index (κ3) is 3.52. The minimum Gasteiger partial charge on any atom is -0.483 e. The molecule has 0 fully saturated rings. The van der Waals surface area contributed by atoms with Crippen LogP contribution in [0.2, 0.25) is 0 Å². The zero-order chi connectivity index (χ0) is 20.6. The van der Waals surface area contributed by atoms with Gasteiger partial charge in [0.25, 0.3) is 0 Å². The molecule has 0 saturated heterocycles. The highest BCUT2D eigenvalue weighted by atomic mass is 16.6. The second kappa shape index (κ2) is 7.14. The van der Waals surface area contributed by atoms with Crippen LogP contribution in [0.3, 0.4) is 0 Å². The van der Waals surface area contributed by atoms with Crippen LogP contribution in [-0.2, 0) is 19.1 Å². The molecule has 7 heteroatoms. The van der Waals surface area contributed by atoms with Crippen LogP contribution in [0.15, 0.2) is 45.1 Å². The number of benzene rings is 1. The lowest BCUT2D eigenvalue weighted by Crippen LogP contribution is -2.52. The van der Waals surface area contributed by atoms with Gasteiger partial charge in [-0.05, 0) is 45.9 Å². The third-order valence-electron chi connectivity index (χ3n) is 4.69. The van der Waals surface area contributed by atoms with Gasteiger partial charge in [0.1, 0.15) is 16.9 Å². The first-order valence-electron chi connectivity index (χ1n) is 8.91. The summed E-state index contributed by atoms with van der Waals surface area (Å²) in [6.45, 7) is 8.08. The highest BCUT2D eigenvalue weighted by Crippen LogP contribution is 2.46. The molecule has 1 aromatic carbocycles. The quantitative estimate of drug-likeness (QED) is 0.453. The number of allylic oxidation sites excluding steroid dienone is 1. The minimum atomic E-state index is -1.01. The first kappa shape index (κ1) is 19.7. The van der Waals surface area contributed by atoms with E-state index in [1.165, 1.54) is 13.0 Å². The van der Waals surface area contributed by atoms with Crippen molar-refractivity contribution in [3.63, 3.8) is 0 Å². The van der Waals surface area contributed by atoms with Crippen molar-refractivity contribution in [3.8, 4) is 5.75 Å². The fourth-order valence-electron chi connectivity index (χ4n) is 3.18. The highest BCUT2D eigenvalue weighted by molar-refractivity contribution is 5.89. The summed E-state index contributed by atoms with van der Waals surface area (Å²) in [7, 11) is 0. The fraction of sp³-hybridized carbons (Fsp3) is 0.381. The maximum atomic E-state index is 12.5. The lowest BCUT2D eigenvalue weighted by Gasteiger charge is -2.43. The number of hydrogen-bond donors (Lipinski definition) is 0. The molecule has 2 heterocycles. The minimum absolute atomic E-state index is 0.230. The summed E-state index contributed by atoms with van der Waals surface area (Å²) < 4.78 is 22.7. The average Bonchev–Trinajstić information content (AvgIpc) is 2.62. The Morgan fingerprint density at radius 3 is 2.43 bits per heavy atom. The van der Waals surface area contributed by atoms with Crippen LogP contribution in [0.25, 0.3) is 11.0 Å². The number of rotatable bonds is 3. The second-order valence-corrected chi connectivity index (χ2v) is 7.18. The van der Waals surface area contributed by atoms with Crippen LogP contribution in [0.4, 0.5) is 0 Å². The van der Waals surface area contributed by atoms with Crippen LogP contribution in [0.1, 0.15) is 46.3 Å². The molecule has 0 radical (unpaired) electrons. The monoisotopic (exact) mass is 386 g/mol. The number of ether oxygens (including phenoxy) is 3. The highest BCUT2D eigenvalue weighted by Gasteiger charge is 2.49. The molecule has 0 spiro atoms. The molecule has 0 unspecified atom stereocenters. The van der Waals surface area contributed by atoms with E-state index in [2.05, 4.69) is 0 Å². The molecule has 1 aliphatic heterocycles. The van der Waals surface area contributed by atoms with Crippen molar-refractivity contribution in [3.05, 3.63) is 51.9 Å². The van der Waals surface area contributed by atoms with E-state index in [9.17, 15) is 14.4 Å². The number of fused-ring (bicyclic) bond motifs is 3. The van der Waals surface area contributed by atoms with Crippen LogP contribution in [0, 0.1) is 0 Å². The maximum Gasteiger partial charge on any atom is 0.336 e. The predicted molar refractivity (Wildman–Crippen MR) is 101 cm³/mol. The van der Waals surface area contributed by atoms with E-state index >= 15 is 0 Å². The normalized spacial score (nSPS) is 20.8. The van der Waals surface area contributed by atoms with Crippen LogP contribution in [-0.4, -0.2) is 23.6 Å².